The van der Waals surface area contributed by atoms with Crippen molar-refractivity contribution in [2.75, 3.05) is 32.7 Å². The van der Waals surface area contributed by atoms with Gasteiger partial charge in [-0.25, -0.2) is 0 Å². The van der Waals surface area contributed by atoms with Crippen molar-refractivity contribution in [1.29, 1.82) is 5.26 Å². The number of carbonyl (C=O) groups is 1. The summed E-state index contributed by atoms with van der Waals surface area (Å²) >= 11 is 0. The van der Waals surface area contributed by atoms with Gasteiger partial charge in [0.2, 0.25) is 5.91 Å². The number of rotatable bonds is 5. The summed E-state index contributed by atoms with van der Waals surface area (Å²) in [5.74, 6) is 0.0757. The molecule has 0 unspecified atom stereocenters. The van der Waals surface area contributed by atoms with E-state index in [1.807, 2.05) is 11.8 Å². The normalized spacial score (nSPS) is 18.8. The lowest BCUT2D eigenvalue weighted by Crippen LogP contribution is -2.53. The number of hydrogen-bond donors (Lipinski definition) is 1. The number of hydrogen-bond acceptors (Lipinski definition) is 4. The Morgan fingerprint density at radius 1 is 1.41 bits per heavy atom. The molecule has 96 valence electrons. The van der Waals surface area contributed by atoms with E-state index in [2.05, 4.69) is 11.0 Å². The number of carbonyl (C=O) groups excluding carboxylic acids is 1. The van der Waals surface area contributed by atoms with Gasteiger partial charge in [0.05, 0.1) is 12.1 Å². The van der Waals surface area contributed by atoms with Crippen molar-refractivity contribution in [3.63, 3.8) is 0 Å². The SMILES string of the molecule is CCC[C@@H](N)C(=O)N1CCN(CCC#N)CC1. The lowest BCUT2D eigenvalue weighted by atomic mass is 10.1. The minimum absolute atomic E-state index is 0.0757. The molecule has 1 saturated heterocycles. The molecule has 0 saturated carbocycles. The zero-order valence-electron chi connectivity index (χ0n) is 10.6. The van der Waals surface area contributed by atoms with Gasteiger partial charge in [0.15, 0.2) is 0 Å². The monoisotopic (exact) mass is 238 g/mol. The van der Waals surface area contributed by atoms with Crippen LogP contribution in [0.5, 0.6) is 0 Å². The summed E-state index contributed by atoms with van der Waals surface area (Å²) < 4.78 is 0. The molecule has 1 atom stereocenters. The molecule has 0 spiro atoms. The van der Waals surface area contributed by atoms with Crippen LogP contribution in [-0.4, -0.2) is 54.5 Å². The second-order valence-corrected chi connectivity index (χ2v) is 4.47. The maximum Gasteiger partial charge on any atom is 0.239 e. The highest BCUT2D eigenvalue weighted by molar-refractivity contribution is 5.81. The molecule has 1 rings (SSSR count). The van der Waals surface area contributed by atoms with Gasteiger partial charge in [-0.3, -0.25) is 9.69 Å². The van der Waals surface area contributed by atoms with Gasteiger partial charge in [-0.15, -0.1) is 0 Å². The largest absolute Gasteiger partial charge is 0.339 e. The summed E-state index contributed by atoms with van der Waals surface area (Å²) in [6, 6.07) is 1.80. The van der Waals surface area contributed by atoms with E-state index >= 15 is 0 Å². The van der Waals surface area contributed by atoms with Gasteiger partial charge in [0.25, 0.3) is 0 Å². The average molecular weight is 238 g/mol. The molecule has 1 amide bonds. The van der Waals surface area contributed by atoms with Gasteiger partial charge < -0.3 is 10.6 Å². The van der Waals surface area contributed by atoms with Crippen LogP contribution in [0.1, 0.15) is 26.2 Å². The molecule has 5 nitrogen and oxygen atoms in total. The molecule has 1 aliphatic heterocycles. The number of piperazine rings is 1. The minimum atomic E-state index is -0.342. The van der Waals surface area contributed by atoms with Gasteiger partial charge in [0.1, 0.15) is 0 Å². The second kappa shape index (κ2) is 7.25. The smallest absolute Gasteiger partial charge is 0.239 e. The van der Waals surface area contributed by atoms with E-state index in [4.69, 9.17) is 11.0 Å². The van der Waals surface area contributed by atoms with Crippen LogP contribution in [0, 0.1) is 11.3 Å². The molecule has 2 N–H and O–H groups in total. The van der Waals surface area contributed by atoms with Crippen molar-refractivity contribution in [3.8, 4) is 6.07 Å². The molecule has 0 bridgehead atoms. The summed E-state index contributed by atoms with van der Waals surface area (Å²) in [6.07, 6.45) is 2.26. The number of nitrogens with two attached hydrogens (primary N) is 1. The highest BCUT2D eigenvalue weighted by atomic mass is 16.2. The summed E-state index contributed by atoms with van der Waals surface area (Å²) in [4.78, 5) is 16.0. The molecule has 17 heavy (non-hydrogen) atoms. The first kappa shape index (κ1) is 13.9. The fraction of sp³-hybridized carbons (Fsp3) is 0.833. The van der Waals surface area contributed by atoms with E-state index in [1.165, 1.54) is 0 Å². The molecule has 1 heterocycles. The van der Waals surface area contributed by atoms with Crippen molar-refractivity contribution >= 4 is 5.91 Å². The topological polar surface area (TPSA) is 73.4 Å². The summed E-state index contributed by atoms with van der Waals surface area (Å²) in [7, 11) is 0. The lowest BCUT2D eigenvalue weighted by Gasteiger charge is -2.35. The fourth-order valence-corrected chi connectivity index (χ4v) is 2.07. The molecule has 0 aliphatic carbocycles. The first-order valence-electron chi connectivity index (χ1n) is 6.32. The fourth-order valence-electron chi connectivity index (χ4n) is 2.07. The minimum Gasteiger partial charge on any atom is -0.339 e. The van der Waals surface area contributed by atoms with Crippen LogP contribution in [0.15, 0.2) is 0 Å². The first-order chi connectivity index (χ1) is 8.19. The van der Waals surface area contributed by atoms with E-state index in [0.717, 1.165) is 45.6 Å². The van der Waals surface area contributed by atoms with Crippen LogP contribution in [0.3, 0.4) is 0 Å². The number of nitrogens with zero attached hydrogens (tertiary/aromatic N) is 3. The molecule has 0 aromatic heterocycles. The van der Waals surface area contributed by atoms with Gasteiger partial charge in [-0.1, -0.05) is 13.3 Å². The third-order valence-corrected chi connectivity index (χ3v) is 3.14. The highest BCUT2D eigenvalue weighted by Gasteiger charge is 2.24. The number of nitriles is 1. The third kappa shape index (κ3) is 4.33. The zero-order valence-corrected chi connectivity index (χ0v) is 10.6. The Hall–Kier alpha value is -1.12. The van der Waals surface area contributed by atoms with Gasteiger partial charge >= 0.3 is 0 Å². The molecule has 0 aromatic rings. The molecule has 5 heteroatoms. The quantitative estimate of drug-likeness (QED) is 0.741. The van der Waals surface area contributed by atoms with Crippen LogP contribution in [0.4, 0.5) is 0 Å². The Labute approximate surface area is 103 Å². The van der Waals surface area contributed by atoms with Crippen LogP contribution in [0.2, 0.25) is 0 Å². The predicted octanol–water partition coefficient (Wildman–Crippen LogP) is 0.172. The van der Waals surface area contributed by atoms with Crippen LogP contribution >= 0.6 is 0 Å². The van der Waals surface area contributed by atoms with E-state index in [1.54, 1.807) is 0 Å². The number of amides is 1. The van der Waals surface area contributed by atoms with Gasteiger partial charge in [-0.2, -0.15) is 5.26 Å². The van der Waals surface area contributed by atoms with Crippen LogP contribution < -0.4 is 5.73 Å². The molecule has 1 aliphatic rings. The maximum atomic E-state index is 11.9. The Kier molecular flexibility index (Phi) is 5.95. The second-order valence-electron chi connectivity index (χ2n) is 4.47. The zero-order chi connectivity index (χ0) is 12.7. The molecular weight excluding hydrogens is 216 g/mol. The van der Waals surface area contributed by atoms with Crippen LogP contribution in [-0.2, 0) is 4.79 Å². The van der Waals surface area contributed by atoms with Gasteiger partial charge in [0, 0.05) is 39.1 Å². The van der Waals surface area contributed by atoms with E-state index in [9.17, 15) is 4.79 Å². The summed E-state index contributed by atoms with van der Waals surface area (Å²) in [5, 5.41) is 8.51. The molecule has 0 radical (unpaired) electrons. The van der Waals surface area contributed by atoms with Crippen molar-refractivity contribution in [3.05, 3.63) is 0 Å². The van der Waals surface area contributed by atoms with Gasteiger partial charge in [-0.05, 0) is 6.42 Å². The predicted molar refractivity (Wildman–Crippen MR) is 66.1 cm³/mol. The third-order valence-electron chi connectivity index (χ3n) is 3.14. The van der Waals surface area contributed by atoms with Crippen molar-refractivity contribution in [1.82, 2.24) is 9.80 Å². The van der Waals surface area contributed by atoms with E-state index < -0.39 is 0 Å². The Balaban J connectivity index is 2.31. The Morgan fingerprint density at radius 3 is 2.59 bits per heavy atom. The summed E-state index contributed by atoms with van der Waals surface area (Å²) in [6.45, 7) is 6.02. The molecule has 0 aromatic carbocycles. The van der Waals surface area contributed by atoms with E-state index in [-0.39, 0.29) is 11.9 Å². The maximum absolute atomic E-state index is 11.9. The average Bonchev–Trinajstić information content (AvgIpc) is 2.36. The van der Waals surface area contributed by atoms with Crippen molar-refractivity contribution in [2.45, 2.75) is 32.2 Å². The Morgan fingerprint density at radius 2 is 2.06 bits per heavy atom. The van der Waals surface area contributed by atoms with Crippen molar-refractivity contribution < 1.29 is 4.79 Å². The standard InChI is InChI=1S/C12H22N4O/c1-2-4-11(14)12(17)16-9-7-15(8-10-16)6-3-5-13/h11H,2-4,6-10,14H2,1H3/t11-/m1/s1. The lowest BCUT2D eigenvalue weighted by molar-refractivity contribution is -0.134. The summed E-state index contributed by atoms with van der Waals surface area (Å²) in [5.41, 5.74) is 5.83. The Bertz CT molecular complexity index is 279. The van der Waals surface area contributed by atoms with Crippen LogP contribution in [0.25, 0.3) is 0 Å². The van der Waals surface area contributed by atoms with E-state index in [0.29, 0.717) is 6.42 Å². The molecule has 1 fully saturated rings. The van der Waals surface area contributed by atoms with Crippen molar-refractivity contribution in [2.24, 2.45) is 5.73 Å². The first-order valence-corrected chi connectivity index (χ1v) is 6.32. The molecular formula is C12H22N4O. The highest BCUT2D eigenvalue weighted by Crippen LogP contribution is 2.06.